The Balaban J connectivity index is 1.78. The Morgan fingerprint density at radius 3 is 2.65 bits per heavy atom. The van der Waals surface area contributed by atoms with E-state index in [1.54, 1.807) is 35.8 Å². The summed E-state index contributed by atoms with van der Waals surface area (Å²) in [5.74, 6) is 0.541. The van der Waals surface area contributed by atoms with E-state index in [0.29, 0.717) is 29.6 Å². The minimum atomic E-state index is -1.04. The molecule has 1 amide bonds. The fourth-order valence-corrected chi connectivity index (χ4v) is 2.93. The Kier molecular flexibility index (Phi) is 5.20. The maximum absolute atomic E-state index is 12.9. The van der Waals surface area contributed by atoms with Gasteiger partial charge in [-0.2, -0.15) is 0 Å². The maximum Gasteiger partial charge on any atom is 0.328 e. The fourth-order valence-electron chi connectivity index (χ4n) is 2.93. The minimum Gasteiger partial charge on any atom is -0.494 e. The maximum atomic E-state index is 12.9. The van der Waals surface area contributed by atoms with Crippen molar-refractivity contribution in [2.24, 2.45) is 0 Å². The molecule has 1 aliphatic rings. The molecule has 0 fully saturated rings. The molecule has 8 nitrogen and oxygen atoms in total. The molecule has 8 heteroatoms. The van der Waals surface area contributed by atoms with Crippen LogP contribution in [0.4, 0.5) is 0 Å². The number of nitrogens with zero attached hydrogens (tertiary/aromatic N) is 4. The van der Waals surface area contributed by atoms with Gasteiger partial charge in [-0.3, -0.25) is 4.79 Å². The average molecular weight is 358 g/mol. The van der Waals surface area contributed by atoms with Gasteiger partial charge in [0.05, 0.1) is 19.7 Å². The van der Waals surface area contributed by atoms with Crippen LogP contribution in [0.3, 0.4) is 0 Å². The van der Waals surface area contributed by atoms with Gasteiger partial charge in [0.1, 0.15) is 17.6 Å². The van der Waals surface area contributed by atoms with E-state index in [4.69, 9.17) is 4.74 Å². The largest absolute Gasteiger partial charge is 0.494 e. The van der Waals surface area contributed by atoms with Crippen LogP contribution in [-0.4, -0.2) is 49.3 Å². The number of rotatable bonds is 6. The lowest BCUT2D eigenvalue weighted by Gasteiger charge is -2.33. The molecule has 1 aromatic heterocycles. The van der Waals surface area contributed by atoms with E-state index in [-0.39, 0.29) is 19.0 Å². The number of carbonyl (C=O) groups is 2. The first kappa shape index (κ1) is 17.9. The standard InChI is InChI=1S/C18H22N4O4/c1-3-4-9-26-14-7-5-13(6-8-14)17(23)22-11-16-20-19-12(2)21(16)10-15(22)18(24)25/h5-8,15H,3-4,9-11H2,1-2H3,(H,24,25). The molecule has 2 aromatic rings. The Morgan fingerprint density at radius 1 is 1.27 bits per heavy atom. The van der Waals surface area contributed by atoms with Gasteiger partial charge in [0.25, 0.3) is 5.91 Å². The third-order valence-corrected chi connectivity index (χ3v) is 4.47. The van der Waals surface area contributed by atoms with Crippen molar-refractivity contribution >= 4 is 11.9 Å². The highest BCUT2D eigenvalue weighted by Crippen LogP contribution is 2.22. The van der Waals surface area contributed by atoms with Crippen LogP contribution in [-0.2, 0) is 17.9 Å². The minimum absolute atomic E-state index is 0.116. The van der Waals surface area contributed by atoms with E-state index in [2.05, 4.69) is 17.1 Å². The zero-order valence-electron chi connectivity index (χ0n) is 14.9. The van der Waals surface area contributed by atoms with Crippen molar-refractivity contribution in [3.8, 4) is 5.75 Å². The molecule has 2 heterocycles. The monoisotopic (exact) mass is 358 g/mol. The van der Waals surface area contributed by atoms with Crippen molar-refractivity contribution in [2.75, 3.05) is 6.61 Å². The predicted octanol–water partition coefficient (Wildman–Crippen LogP) is 1.87. The molecule has 0 saturated heterocycles. The first-order chi connectivity index (χ1) is 12.5. The number of carboxylic acid groups (broad SMARTS) is 1. The van der Waals surface area contributed by atoms with Gasteiger partial charge in [0.2, 0.25) is 0 Å². The number of ether oxygens (including phenoxy) is 1. The van der Waals surface area contributed by atoms with Crippen LogP contribution >= 0.6 is 0 Å². The van der Waals surface area contributed by atoms with Gasteiger partial charge in [-0.05, 0) is 37.6 Å². The van der Waals surface area contributed by atoms with Crippen molar-refractivity contribution < 1.29 is 19.4 Å². The third-order valence-electron chi connectivity index (χ3n) is 4.47. The molecule has 0 aliphatic carbocycles. The lowest BCUT2D eigenvalue weighted by molar-refractivity contribution is -0.143. The second kappa shape index (κ2) is 7.55. The smallest absolute Gasteiger partial charge is 0.328 e. The molecular weight excluding hydrogens is 336 g/mol. The second-order valence-electron chi connectivity index (χ2n) is 6.29. The third kappa shape index (κ3) is 3.54. The molecular formula is C18H22N4O4. The number of hydrogen-bond donors (Lipinski definition) is 1. The number of fused-ring (bicyclic) bond motifs is 1. The van der Waals surface area contributed by atoms with Gasteiger partial charge < -0.3 is 19.3 Å². The van der Waals surface area contributed by atoms with Gasteiger partial charge in [0, 0.05) is 5.56 Å². The number of aliphatic carboxylic acids is 1. The summed E-state index contributed by atoms with van der Waals surface area (Å²) in [5, 5.41) is 17.6. The average Bonchev–Trinajstić information content (AvgIpc) is 3.01. The summed E-state index contributed by atoms with van der Waals surface area (Å²) in [6.45, 7) is 4.75. The summed E-state index contributed by atoms with van der Waals surface area (Å²) in [6.07, 6.45) is 2.01. The number of unbranched alkanes of at least 4 members (excludes halogenated alkanes) is 1. The Labute approximate surface area is 151 Å². The van der Waals surface area contributed by atoms with Crippen LogP contribution < -0.4 is 4.74 Å². The summed E-state index contributed by atoms with van der Waals surface area (Å²) < 4.78 is 7.34. The highest BCUT2D eigenvalue weighted by molar-refractivity contribution is 5.96. The van der Waals surface area contributed by atoms with Gasteiger partial charge in [-0.15, -0.1) is 10.2 Å². The molecule has 0 spiro atoms. The lowest BCUT2D eigenvalue weighted by Crippen LogP contribution is -2.50. The quantitative estimate of drug-likeness (QED) is 0.792. The topological polar surface area (TPSA) is 97.5 Å². The van der Waals surface area contributed by atoms with E-state index in [1.807, 2.05) is 0 Å². The number of aryl methyl sites for hydroxylation is 1. The fraction of sp³-hybridized carbons (Fsp3) is 0.444. The van der Waals surface area contributed by atoms with Crippen LogP contribution in [0.15, 0.2) is 24.3 Å². The number of benzene rings is 1. The Morgan fingerprint density at radius 2 is 2.00 bits per heavy atom. The van der Waals surface area contributed by atoms with Crippen LogP contribution in [0.2, 0.25) is 0 Å². The molecule has 0 bridgehead atoms. The normalized spacial score (nSPS) is 16.2. The zero-order valence-corrected chi connectivity index (χ0v) is 14.9. The molecule has 1 aromatic carbocycles. The van der Waals surface area contributed by atoms with Crippen LogP contribution in [0.25, 0.3) is 0 Å². The SMILES string of the molecule is CCCCOc1ccc(C(=O)N2Cc3nnc(C)n3CC2C(=O)O)cc1. The summed E-state index contributed by atoms with van der Waals surface area (Å²) in [5.41, 5.74) is 0.420. The summed E-state index contributed by atoms with van der Waals surface area (Å²) in [4.78, 5) is 25.9. The van der Waals surface area contributed by atoms with Gasteiger partial charge in [-0.25, -0.2) is 4.79 Å². The molecule has 138 valence electrons. The van der Waals surface area contributed by atoms with E-state index < -0.39 is 12.0 Å². The molecule has 0 radical (unpaired) electrons. The molecule has 0 saturated carbocycles. The van der Waals surface area contributed by atoms with Crippen molar-refractivity contribution in [1.29, 1.82) is 0 Å². The number of carbonyl (C=O) groups excluding carboxylic acids is 1. The molecule has 1 atom stereocenters. The van der Waals surface area contributed by atoms with Crippen molar-refractivity contribution in [3.63, 3.8) is 0 Å². The molecule has 1 N–H and O–H groups in total. The van der Waals surface area contributed by atoms with Crippen LogP contribution in [0.1, 0.15) is 41.8 Å². The van der Waals surface area contributed by atoms with E-state index in [9.17, 15) is 14.7 Å². The number of aromatic nitrogens is 3. The predicted molar refractivity (Wildman–Crippen MR) is 92.9 cm³/mol. The molecule has 26 heavy (non-hydrogen) atoms. The van der Waals surface area contributed by atoms with Gasteiger partial charge in [-0.1, -0.05) is 13.3 Å². The van der Waals surface area contributed by atoms with Gasteiger partial charge in [0.15, 0.2) is 5.82 Å². The molecule has 1 aliphatic heterocycles. The number of carboxylic acids is 1. The number of amides is 1. The zero-order chi connectivity index (χ0) is 18.7. The highest BCUT2D eigenvalue weighted by atomic mass is 16.5. The lowest BCUT2D eigenvalue weighted by atomic mass is 10.1. The summed E-state index contributed by atoms with van der Waals surface area (Å²) in [6, 6.07) is 5.83. The van der Waals surface area contributed by atoms with E-state index in [0.717, 1.165) is 12.8 Å². The van der Waals surface area contributed by atoms with E-state index in [1.165, 1.54) is 4.90 Å². The highest BCUT2D eigenvalue weighted by Gasteiger charge is 2.36. The summed E-state index contributed by atoms with van der Waals surface area (Å²) in [7, 11) is 0. The molecule has 3 rings (SSSR count). The van der Waals surface area contributed by atoms with Crippen LogP contribution in [0, 0.1) is 6.92 Å². The Hall–Kier alpha value is -2.90. The number of hydrogen-bond acceptors (Lipinski definition) is 5. The van der Waals surface area contributed by atoms with Crippen LogP contribution in [0.5, 0.6) is 5.75 Å². The summed E-state index contributed by atoms with van der Waals surface area (Å²) >= 11 is 0. The first-order valence-corrected chi connectivity index (χ1v) is 8.66. The second-order valence-corrected chi connectivity index (χ2v) is 6.29. The Bertz CT molecular complexity index is 800. The first-order valence-electron chi connectivity index (χ1n) is 8.66. The molecule has 1 unspecified atom stereocenters. The van der Waals surface area contributed by atoms with Crippen molar-refractivity contribution in [2.45, 2.75) is 45.8 Å². The van der Waals surface area contributed by atoms with Gasteiger partial charge >= 0.3 is 5.97 Å². The van der Waals surface area contributed by atoms with Crippen molar-refractivity contribution in [1.82, 2.24) is 19.7 Å². The van der Waals surface area contributed by atoms with Crippen molar-refractivity contribution in [3.05, 3.63) is 41.5 Å². The van der Waals surface area contributed by atoms with E-state index >= 15 is 0 Å².